The number of imidazole rings is 1. The van der Waals surface area contributed by atoms with Crippen molar-refractivity contribution in [1.29, 1.82) is 0 Å². The Bertz CT molecular complexity index is 1620. The first-order valence-corrected chi connectivity index (χ1v) is 14.0. The van der Waals surface area contributed by atoms with Crippen molar-refractivity contribution < 1.29 is 23.1 Å². The molecule has 12 heteroatoms. The highest BCUT2D eigenvalue weighted by Crippen LogP contribution is 2.34. The van der Waals surface area contributed by atoms with Crippen LogP contribution in [0.1, 0.15) is 32.2 Å². The number of hydrogen-bond donors (Lipinski definition) is 3. The summed E-state index contributed by atoms with van der Waals surface area (Å²) in [5, 5.41) is 6.05. The minimum absolute atomic E-state index is 0. The zero-order valence-corrected chi connectivity index (χ0v) is 25.7. The summed E-state index contributed by atoms with van der Waals surface area (Å²) in [7, 11) is 0. The number of rotatable bonds is 7. The number of carbonyl (C=O) groups excluding carboxylic acids is 2. The van der Waals surface area contributed by atoms with Gasteiger partial charge in [0.05, 0.1) is 6.54 Å². The highest BCUT2D eigenvalue weighted by Gasteiger charge is 2.32. The molecule has 0 bridgehead atoms. The van der Waals surface area contributed by atoms with Gasteiger partial charge in [0.2, 0.25) is 5.91 Å². The smallest absolute Gasteiger partial charge is 0.408 e. The molecule has 0 saturated carbocycles. The summed E-state index contributed by atoms with van der Waals surface area (Å²) in [6.45, 7) is 6.12. The molecule has 1 aromatic heterocycles. The van der Waals surface area contributed by atoms with E-state index in [4.69, 9.17) is 15.5 Å². The van der Waals surface area contributed by atoms with Gasteiger partial charge in [0.15, 0.2) is 0 Å². The van der Waals surface area contributed by atoms with Crippen LogP contribution in [0.3, 0.4) is 0 Å². The average Bonchev–Trinajstić information content (AvgIpc) is 3.31. The van der Waals surface area contributed by atoms with Crippen LogP contribution in [0.2, 0.25) is 0 Å². The predicted octanol–water partition coefficient (Wildman–Crippen LogP) is 5.75. The second-order valence-electron chi connectivity index (χ2n) is 11.4. The summed E-state index contributed by atoms with van der Waals surface area (Å²) in [5.74, 6) is 0.106. The van der Waals surface area contributed by atoms with Gasteiger partial charge in [-0.2, -0.15) is 13.5 Å². The molecule has 0 unspecified atom stereocenters. The van der Waals surface area contributed by atoms with E-state index in [2.05, 4.69) is 10.6 Å². The van der Waals surface area contributed by atoms with Crippen LogP contribution in [0.25, 0.3) is 11.3 Å². The van der Waals surface area contributed by atoms with Crippen LogP contribution in [0.15, 0.2) is 72.8 Å². The lowest BCUT2D eigenvalue weighted by Crippen LogP contribution is -2.52. The lowest BCUT2D eigenvalue weighted by Gasteiger charge is -2.32. The zero-order chi connectivity index (χ0) is 30.7. The van der Waals surface area contributed by atoms with Crippen molar-refractivity contribution in [2.24, 2.45) is 0 Å². The van der Waals surface area contributed by atoms with Crippen molar-refractivity contribution in [2.75, 3.05) is 17.6 Å². The SMILES string of the molecule is CC(C)(C)OC(=O)N[C@@H](Cc1ccc(N)cc1)C(=O)N1CCn2c(nc(-c3cccc(F)c3)c2Nc2ccc(F)cc2)C1.S. The van der Waals surface area contributed by atoms with Gasteiger partial charge in [-0.15, -0.1) is 0 Å². The molecule has 2 heterocycles. The van der Waals surface area contributed by atoms with Gasteiger partial charge in [0.25, 0.3) is 0 Å². The first-order valence-electron chi connectivity index (χ1n) is 14.0. The number of benzene rings is 3. The molecule has 1 aliphatic heterocycles. The zero-order valence-electron chi connectivity index (χ0n) is 24.7. The molecule has 1 atom stereocenters. The van der Waals surface area contributed by atoms with Gasteiger partial charge in [-0.3, -0.25) is 4.79 Å². The maximum Gasteiger partial charge on any atom is 0.408 e. The van der Waals surface area contributed by atoms with Crippen molar-refractivity contribution in [3.63, 3.8) is 0 Å². The molecule has 2 amide bonds. The molecule has 232 valence electrons. The number of halogens is 2. The number of nitrogens with zero attached hydrogens (tertiary/aromatic N) is 3. The summed E-state index contributed by atoms with van der Waals surface area (Å²) in [4.78, 5) is 33.1. The molecule has 9 nitrogen and oxygen atoms in total. The number of nitrogens with two attached hydrogens (primary N) is 1. The third-order valence-corrected chi connectivity index (χ3v) is 6.90. The number of carbonyl (C=O) groups is 2. The van der Waals surface area contributed by atoms with Crippen LogP contribution < -0.4 is 16.4 Å². The Balaban J connectivity index is 0.00000442. The van der Waals surface area contributed by atoms with E-state index in [-0.39, 0.29) is 38.2 Å². The summed E-state index contributed by atoms with van der Waals surface area (Å²) in [5.41, 5.74) is 8.19. The fourth-order valence-corrected chi connectivity index (χ4v) is 4.91. The molecular formula is C32H36F2N6O3S. The van der Waals surface area contributed by atoms with E-state index in [1.54, 1.807) is 62.1 Å². The fourth-order valence-electron chi connectivity index (χ4n) is 4.91. The molecule has 1 aliphatic rings. The van der Waals surface area contributed by atoms with E-state index in [9.17, 15) is 18.4 Å². The molecule has 0 saturated heterocycles. The van der Waals surface area contributed by atoms with Crippen LogP contribution in [-0.4, -0.2) is 44.6 Å². The van der Waals surface area contributed by atoms with Gasteiger partial charge < -0.3 is 30.6 Å². The largest absolute Gasteiger partial charge is 0.444 e. The van der Waals surface area contributed by atoms with Crippen LogP contribution >= 0.6 is 13.5 Å². The Hall–Kier alpha value is -4.58. The summed E-state index contributed by atoms with van der Waals surface area (Å²) >= 11 is 0. The second-order valence-corrected chi connectivity index (χ2v) is 11.4. The number of ether oxygens (including phenoxy) is 1. The van der Waals surface area contributed by atoms with E-state index in [0.717, 1.165) is 5.56 Å². The first kappa shape index (κ1) is 32.3. The minimum atomic E-state index is -0.903. The van der Waals surface area contributed by atoms with Gasteiger partial charge in [-0.1, -0.05) is 24.3 Å². The lowest BCUT2D eigenvalue weighted by molar-refractivity contribution is -0.135. The number of fused-ring (bicyclic) bond motifs is 1. The number of nitrogens with one attached hydrogen (secondary N) is 2. The standard InChI is InChI=1S/C32H34F2N6O3.H2S/c1-32(2,3)43-31(42)37-26(17-20-7-11-24(35)12-8-20)30(41)39-15-16-40-27(19-39)38-28(21-5-4-6-23(34)18-21)29(40)36-25-13-9-22(33)10-14-25;/h4-14,18,26,36H,15-17,19,35H2,1-3H3,(H,37,42);1H2/t26-;/m0./s1. The number of nitrogen functional groups attached to an aromatic ring is 1. The average molecular weight is 623 g/mol. The van der Waals surface area contributed by atoms with Gasteiger partial charge in [-0.25, -0.2) is 18.6 Å². The molecule has 3 aromatic carbocycles. The predicted molar refractivity (Wildman–Crippen MR) is 171 cm³/mol. The Morgan fingerprint density at radius 3 is 2.36 bits per heavy atom. The Labute approximate surface area is 261 Å². The van der Waals surface area contributed by atoms with E-state index < -0.39 is 23.6 Å². The number of anilines is 3. The van der Waals surface area contributed by atoms with Crippen LogP contribution in [0.5, 0.6) is 0 Å². The summed E-state index contributed by atoms with van der Waals surface area (Å²) in [6, 6.07) is 18.2. The van der Waals surface area contributed by atoms with Crippen molar-refractivity contribution in [2.45, 2.75) is 51.9 Å². The first-order chi connectivity index (χ1) is 20.4. The molecule has 0 fully saturated rings. The highest BCUT2D eigenvalue weighted by molar-refractivity contribution is 7.59. The Morgan fingerprint density at radius 1 is 1.00 bits per heavy atom. The fraction of sp³-hybridized carbons (Fsp3) is 0.281. The quantitative estimate of drug-likeness (QED) is 0.227. The van der Waals surface area contributed by atoms with Crippen molar-refractivity contribution in [3.8, 4) is 11.3 Å². The minimum Gasteiger partial charge on any atom is -0.444 e. The Kier molecular flexibility index (Phi) is 9.83. The molecular weight excluding hydrogens is 586 g/mol. The van der Waals surface area contributed by atoms with Gasteiger partial charge in [0, 0.05) is 36.4 Å². The third kappa shape index (κ3) is 7.87. The monoisotopic (exact) mass is 622 g/mol. The van der Waals surface area contributed by atoms with Gasteiger partial charge >= 0.3 is 6.09 Å². The highest BCUT2D eigenvalue weighted by atomic mass is 32.1. The molecule has 5 rings (SSSR count). The maximum absolute atomic E-state index is 14.2. The van der Waals surface area contributed by atoms with Crippen LogP contribution in [0, 0.1) is 11.6 Å². The molecule has 44 heavy (non-hydrogen) atoms. The molecule has 4 aromatic rings. The molecule has 0 spiro atoms. The number of hydrogen-bond acceptors (Lipinski definition) is 6. The van der Waals surface area contributed by atoms with Crippen molar-refractivity contribution >= 4 is 42.7 Å². The molecule has 0 aliphatic carbocycles. The third-order valence-electron chi connectivity index (χ3n) is 6.90. The van der Waals surface area contributed by atoms with E-state index in [1.165, 1.54) is 24.3 Å². The number of amides is 2. The van der Waals surface area contributed by atoms with Gasteiger partial charge in [0.1, 0.15) is 40.6 Å². The second kappa shape index (κ2) is 13.4. The lowest BCUT2D eigenvalue weighted by atomic mass is 10.0. The topological polar surface area (TPSA) is 115 Å². The van der Waals surface area contributed by atoms with Crippen molar-refractivity contribution in [1.82, 2.24) is 19.8 Å². The number of alkyl carbamates (subject to hydrolysis) is 1. The maximum atomic E-state index is 14.2. The van der Waals surface area contributed by atoms with Crippen molar-refractivity contribution in [3.05, 3.63) is 95.8 Å². The van der Waals surface area contributed by atoms with Crippen LogP contribution in [0.4, 0.5) is 30.8 Å². The van der Waals surface area contributed by atoms with E-state index >= 15 is 0 Å². The summed E-state index contributed by atoms with van der Waals surface area (Å²) in [6.07, 6.45) is -0.464. The van der Waals surface area contributed by atoms with E-state index in [1.807, 2.05) is 16.7 Å². The van der Waals surface area contributed by atoms with Gasteiger partial charge in [-0.05, 0) is 74.9 Å². The van der Waals surface area contributed by atoms with E-state index in [0.29, 0.717) is 47.4 Å². The Morgan fingerprint density at radius 2 is 1.70 bits per heavy atom. The normalized spacial score (nSPS) is 13.3. The molecule has 4 N–H and O–H groups in total. The molecule has 0 radical (unpaired) electrons. The number of aromatic nitrogens is 2. The van der Waals surface area contributed by atoms with Crippen LogP contribution in [-0.2, 0) is 29.0 Å². The summed E-state index contributed by atoms with van der Waals surface area (Å²) < 4.78 is 35.1.